The van der Waals surface area contributed by atoms with Crippen LogP contribution in [0.3, 0.4) is 0 Å². The fraction of sp³-hybridized carbons (Fsp3) is 0.455. The molecule has 0 spiro atoms. The average molecular weight is 692 g/mol. The quantitative estimate of drug-likeness (QED) is 0.172. The van der Waals surface area contributed by atoms with Crippen LogP contribution in [0.25, 0.3) is 11.4 Å². The van der Waals surface area contributed by atoms with Gasteiger partial charge in [-0.1, -0.05) is 12.1 Å². The molecular formula is C33H42BN7O7S. The van der Waals surface area contributed by atoms with Gasteiger partial charge in [-0.05, 0) is 87.3 Å². The lowest BCUT2D eigenvalue weighted by Gasteiger charge is -2.34. The molecule has 2 aromatic carbocycles. The number of rotatable bonds is 10. The summed E-state index contributed by atoms with van der Waals surface area (Å²) in [5, 5.41) is 28.7. The first kappa shape index (κ1) is 34.6. The summed E-state index contributed by atoms with van der Waals surface area (Å²) in [6.45, 7) is 3.95. The van der Waals surface area contributed by atoms with Crippen molar-refractivity contribution < 1.29 is 32.8 Å². The average Bonchev–Trinajstić information content (AvgIpc) is 3.89. The minimum atomic E-state index is -3.21. The van der Waals surface area contributed by atoms with Gasteiger partial charge in [0.15, 0.2) is 15.7 Å². The van der Waals surface area contributed by atoms with Crippen molar-refractivity contribution in [3.63, 3.8) is 0 Å². The molecule has 14 nitrogen and oxygen atoms in total. The second-order valence-electron chi connectivity index (χ2n) is 13.0. The summed E-state index contributed by atoms with van der Waals surface area (Å²) in [5.41, 5.74) is 2.96. The van der Waals surface area contributed by atoms with Crippen LogP contribution in [-0.2, 0) is 20.3 Å². The van der Waals surface area contributed by atoms with Crippen LogP contribution in [0.2, 0.25) is 0 Å². The lowest BCUT2D eigenvalue weighted by Crippen LogP contribution is -2.44. The fourth-order valence-corrected chi connectivity index (χ4v) is 6.90. The normalized spacial score (nSPS) is 18.8. The zero-order valence-corrected chi connectivity index (χ0v) is 28.2. The number of morpholine rings is 1. The van der Waals surface area contributed by atoms with Crippen LogP contribution in [0.4, 0.5) is 26.8 Å². The van der Waals surface area contributed by atoms with Gasteiger partial charge in [0, 0.05) is 41.6 Å². The van der Waals surface area contributed by atoms with E-state index in [2.05, 4.69) is 38.1 Å². The van der Waals surface area contributed by atoms with Gasteiger partial charge in [0.2, 0.25) is 0 Å². The third-order valence-corrected chi connectivity index (χ3v) is 10.7. The van der Waals surface area contributed by atoms with Gasteiger partial charge in [0.1, 0.15) is 5.82 Å². The number of sulfone groups is 1. The summed E-state index contributed by atoms with van der Waals surface area (Å²) < 4.78 is 30.9. The van der Waals surface area contributed by atoms with Crippen LogP contribution < -0.4 is 31.6 Å². The van der Waals surface area contributed by atoms with Crippen molar-refractivity contribution in [3.05, 3.63) is 60.3 Å². The summed E-state index contributed by atoms with van der Waals surface area (Å²) in [6, 6.07) is 15.7. The standard InChI is InChI=1S/C23H29N5O4S.C10H13BN2O3/c1-15-13-32-11-10-28(15)21-12-19(14-33(30,31)20-8-9-20)24-22(27-21)16-2-4-17(5-3-16)25-23(29)26-18-6-7-18;14-10(13-9-5-6-9)12-8-3-1-7(2-4-8)11(15)16/h2-5,12,15,18,20H,6-11,13-14H2,1H3,(H2,25,26,29);1-4,9,15-16H,5-6H2,(H2,12,13,14)/t15-;/m0./s1. The molecule has 0 unspecified atom stereocenters. The monoisotopic (exact) mass is 691 g/mol. The molecule has 16 heteroatoms. The molecular weight excluding hydrogens is 649 g/mol. The zero-order valence-electron chi connectivity index (χ0n) is 27.3. The molecule has 49 heavy (non-hydrogen) atoms. The molecule has 0 bridgehead atoms. The molecule has 3 aromatic rings. The van der Waals surface area contributed by atoms with Crippen LogP contribution in [0.15, 0.2) is 54.6 Å². The smallest absolute Gasteiger partial charge is 0.423 e. The molecule has 6 N–H and O–H groups in total. The number of aromatic nitrogens is 2. The first-order valence-corrected chi connectivity index (χ1v) is 18.4. The minimum absolute atomic E-state index is 0.0834. The topological polar surface area (TPSA) is 195 Å². The molecule has 3 saturated carbocycles. The molecule has 4 fully saturated rings. The molecule has 1 atom stereocenters. The predicted molar refractivity (Wildman–Crippen MR) is 187 cm³/mol. The van der Waals surface area contributed by atoms with Gasteiger partial charge in [0.25, 0.3) is 0 Å². The van der Waals surface area contributed by atoms with E-state index in [0.29, 0.717) is 60.0 Å². The number of urea groups is 2. The van der Waals surface area contributed by atoms with Gasteiger partial charge in [0.05, 0.1) is 36.0 Å². The maximum atomic E-state index is 12.6. The number of amides is 4. The Kier molecular flexibility index (Phi) is 10.7. The molecule has 0 radical (unpaired) electrons. The Morgan fingerprint density at radius 1 is 0.878 bits per heavy atom. The number of ether oxygens (including phenoxy) is 1. The highest BCUT2D eigenvalue weighted by molar-refractivity contribution is 7.91. The largest absolute Gasteiger partial charge is 0.488 e. The SMILES string of the molecule is C[C@H]1COCCN1c1cc(CS(=O)(=O)C2CC2)nc(-c2ccc(NC(=O)NC3CC3)cc2)n1.O=C(Nc1ccc(B(O)O)cc1)NC1CC1. The number of carbonyl (C=O) groups excluding carboxylic acids is 2. The fourth-order valence-electron chi connectivity index (χ4n) is 5.25. The van der Waals surface area contributed by atoms with Crippen molar-refractivity contribution in [3.8, 4) is 11.4 Å². The Bertz CT molecular complexity index is 1730. The van der Waals surface area contributed by atoms with Crippen molar-refractivity contribution in [2.24, 2.45) is 0 Å². The van der Waals surface area contributed by atoms with E-state index in [4.69, 9.17) is 19.8 Å². The van der Waals surface area contributed by atoms with E-state index >= 15 is 0 Å². The van der Waals surface area contributed by atoms with Gasteiger partial charge < -0.3 is 41.0 Å². The van der Waals surface area contributed by atoms with Crippen LogP contribution in [-0.4, -0.2) is 90.7 Å². The summed E-state index contributed by atoms with van der Waals surface area (Å²) in [6.07, 6.45) is 5.61. The second kappa shape index (κ2) is 15.1. The van der Waals surface area contributed by atoms with E-state index < -0.39 is 17.0 Å². The molecule has 1 aliphatic heterocycles. The molecule has 1 aromatic heterocycles. The first-order chi connectivity index (χ1) is 23.5. The summed E-state index contributed by atoms with van der Waals surface area (Å²) in [4.78, 5) is 34.9. The van der Waals surface area contributed by atoms with E-state index in [9.17, 15) is 18.0 Å². The molecule has 1 saturated heterocycles. The number of anilines is 3. The van der Waals surface area contributed by atoms with E-state index in [1.165, 1.54) is 0 Å². The Balaban J connectivity index is 0.000000218. The molecule has 2 heterocycles. The minimum Gasteiger partial charge on any atom is -0.423 e. The van der Waals surface area contributed by atoms with Gasteiger partial charge in [-0.2, -0.15) is 0 Å². The maximum absolute atomic E-state index is 12.6. The third-order valence-electron chi connectivity index (χ3n) is 8.50. The number of nitrogens with zero attached hydrogens (tertiary/aromatic N) is 3. The number of hydrogen-bond acceptors (Lipinski definition) is 10. The summed E-state index contributed by atoms with van der Waals surface area (Å²) in [5.74, 6) is 1.10. The van der Waals surface area contributed by atoms with Crippen molar-refractivity contribution in [2.75, 3.05) is 35.3 Å². The maximum Gasteiger partial charge on any atom is 0.488 e. The first-order valence-electron chi connectivity index (χ1n) is 16.7. The Morgan fingerprint density at radius 3 is 1.96 bits per heavy atom. The molecule has 7 rings (SSSR count). The van der Waals surface area contributed by atoms with Gasteiger partial charge in [-0.25, -0.2) is 28.0 Å². The van der Waals surface area contributed by atoms with Crippen molar-refractivity contribution >= 4 is 51.7 Å². The van der Waals surface area contributed by atoms with Crippen LogP contribution in [0, 0.1) is 0 Å². The van der Waals surface area contributed by atoms with Crippen molar-refractivity contribution in [1.82, 2.24) is 20.6 Å². The zero-order chi connectivity index (χ0) is 34.5. The Hall–Kier alpha value is -4.25. The lowest BCUT2D eigenvalue weighted by molar-refractivity contribution is 0.0985. The van der Waals surface area contributed by atoms with Crippen molar-refractivity contribution in [1.29, 1.82) is 0 Å². The number of benzene rings is 2. The highest BCUT2D eigenvalue weighted by Crippen LogP contribution is 2.32. The number of carbonyl (C=O) groups is 2. The Labute approximate surface area is 286 Å². The molecule has 260 valence electrons. The lowest BCUT2D eigenvalue weighted by atomic mass is 9.80. The van der Waals surface area contributed by atoms with Crippen LogP contribution in [0.1, 0.15) is 51.1 Å². The third kappa shape index (κ3) is 10.1. The molecule has 4 amide bonds. The number of hydrogen-bond donors (Lipinski definition) is 6. The van der Waals surface area contributed by atoms with Gasteiger partial charge in [-0.15, -0.1) is 0 Å². The van der Waals surface area contributed by atoms with Crippen molar-refractivity contribution in [2.45, 2.75) is 74.6 Å². The van der Waals surface area contributed by atoms with Crippen LogP contribution in [0.5, 0.6) is 0 Å². The number of nitrogens with one attached hydrogen (secondary N) is 4. The van der Waals surface area contributed by atoms with E-state index in [-0.39, 0.29) is 35.1 Å². The highest BCUT2D eigenvalue weighted by atomic mass is 32.2. The predicted octanol–water partition coefficient (Wildman–Crippen LogP) is 2.38. The van der Waals surface area contributed by atoms with E-state index in [1.54, 1.807) is 42.5 Å². The summed E-state index contributed by atoms with van der Waals surface area (Å²) >= 11 is 0. The van der Waals surface area contributed by atoms with Gasteiger partial charge in [-0.3, -0.25) is 0 Å². The molecule has 4 aliphatic rings. The molecule has 3 aliphatic carbocycles. The summed E-state index contributed by atoms with van der Waals surface area (Å²) in [7, 11) is -4.69. The second-order valence-corrected chi connectivity index (χ2v) is 15.3. The van der Waals surface area contributed by atoms with E-state index in [1.807, 2.05) is 12.1 Å². The Morgan fingerprint density at radius 2 is 1.45 bits per heavy atom. The van der Waals surface area contributed by atoms with Gasteiger partial charge >= 0.3 is 19.2 Å². The highest BCUT2D eigenvalue weighted by Gasteiger charge is 2.36. The van der Waals surface area contributed by atoms with Crippen LogP contribution >= 0.6 is 0 Å². The van der Waals surface area contributed by atoms with E-state index in [0.717, 1.165) is 44.1 Å².